The Hall–Kier alpha value is -4.51. The molecule has 0 saturated heterocycles. The third-order valence-electron chi connectivity index (χ3n) is 7.83. The molecule has 0 bridgehead atoms. The van der Waals surface area contributed by atoms with Crippen LogP contribution < -0.4 is 0 Å². The van der Waals surface area contributed by atoms with Crippen molar-refractivity contribution < 1.29 is 0 Å². The van der Waals surface area contributed by atoms with E-state index in [9.17, 15) is 0 Å². The molecular weight excluding hydrogens is 590 g/mol. The third kappa shape index (κ3) is 4.02. The van der Waals surface area contributed by atoms with Gasteiger partial charge in [-0.25, -0.2) is 4.52 Å². The van der Waals surface area contributed by atoms with Gasteiger partial charge in [0.15, 0.2) is 5.65 Å². The summed E-state index contributed by atoms with van der Waals surface area (Å²) in [6.45, 7) is 0. The summed E-state index contributed by atoms with van der Waals surface area (Å²) in [4.78, 5) is 4.53. The van der Waals surface area contributed by atoms with Crippen LogP contribution in [0.3, 0.4) is 0 Å². The maximum atomic E-state index is 6.26. The second kappa shape index (κ2) is 9.55. The topological polar surface area (TPSA) is 30.2 Å². The Kier molecular flexibility index (Phi) is 5.66. The van der Waals surface area contributed by atoms with Crippen molar-refractivity contribution in [2.45, 2.75) is 0 Å². The van der Waals surface area contributed by atoms with Gasteiger partial charge >= 0.3 is 0 Å². The van der Waals surface area contributed by atoms with Gasteiger partial charge in [-0.2, -0.15) is 4.98 Å². The van der Waals surface area contributed by atoms with E-state index in [-0.39, 0.29) is 5.28 Å². The first kappa shape index (κ1) is 24.3. The minimum atomic E-state index is 0.229. The lowest BCUT2D eigenvalue weighted by atomic mass is 9.89. The zero-order chi connectivity index (χ0) is 27.5. The maximum Gasteiger partial charge on any atom is 0.243 e. The molecule has 0 N–H and O–H groups in total. The van der Waals surface area contributed by atoms with Gasteiger partial charge in [0, 0.05) is 21.8 Å². The van der Waals surface area contributed by atoms with E-state index >= 15 is 0 Å². The summed E-state index contributed by atoms with van der Waals surface area (Å²) in [7, 11) is 0. The van der Waals surface area contributed by atoms with Crippen LogP contribution in [0.1, 0.15) is 0 Å². The molecule has 6 aromatic carbocycles. The molecule has 194 valence electrons. The summed E-state index contributed by atoms with van der Waals surface area (Å²) in [6, 6.07) is 43.0. The minimum Gasteiger partial charge on any atom is -0.218 e. The fourth-order valence-electron chi connectivity index (χ4n) is 6.02. The average molecular weight is 611 g/mol. The highest BCUT2D eigenvalue weighted by Gasteiger charge is 2.16. The largest absolute Gasteiger partial charge is 0.243 e. The van der Waals surface area contributed by atoms with Gasteiger partial charge in [-0.05, 0) is 84.4 Å². The van der Waals surface area contributed by atoms with Crippen LogP contribution >= 0.6 is 27.5 Å². The summed E-state index contributed by atoms with van der Waals surface area (Å²) in [5.41, 5.74) is 7.26. The lowest BCUT2D eigenvalue weighted by Crippen LogP contribution is -1.93. The van der Waals surface area contributed by atoms with Crippen molar-refractivity contribution in [1.29, 1.82) is 0 Å². The normalized spacial score (nSPS) is 11.7. The van der Waals surface area contributed by atoms with Crippen molar-refractivity contribution in [2.75, 3.05) is 0 Å². The van der Waals surface area contributed by atoms with Crippen LogP contribution in [-0.4, -0.2) is 14.6 Å². The Morgan fingerprint density at radius 2 is 1.12 bits per heavy atom. The molecule has 8 aromatic rings. The Labute approximate surface area is 249 Å². The van der Waals surface area contributed by atoms with Crippen LogP contribution in [0.15, 0.2) is 132 Å². The first-order valence-electron chi connectivity index (χ1n) is 13.4. The molecule has 0 atom stereocenters. The first-order valence-corrected chi connectivity index (χ1v) is 14.6. The molecule has 0 saturated carbocycles. The first-order chi connectivity index (χ1) is 20.1. The van der Waals surface area contributed by atoms with Crippen LogP contribution in [0.4, 0.5) is 0 Å². The maximum absolute atomic E-state index is 6.26. The molecule has 0 unspecified atom stereocenters. The third-order valence-corrected chi connectivity index (χ3v) is 8.45. The van der Waals surface area contributed by atoms with Gasteiger partial charge < -0.3 is 0 Å². The number of pyridine rings is 1. The number of hydrogen-bond donors (Lipinski definition) is 0. The van der Waals surface area contributed by atoms with Crippen molar-refractivity contribution in [3.8, 4) is 33.4 Å². The summed E-state index contributed by atoms with van der Waals surface area (Å²) in [6.07, 6.45) is 1.98. The predicted molar refractivity (Wildman–Crippen MR) is 175 cm³/mol. The molecule has 2 aromatic heterocycles. The van der Waals surface area contributed by atoms with Crippen LogP contribution in [0.25, 0.3) is 71.3 Å². The zero-order valence-corrected chi connectivity index (χ0v) is 24.1. The highest BCUT2D eigenvalue weighted by Crippen LogP contribution is 2.42. The molecule has 0 radical (unpaired) electrons. The highest BCUT2D eigenvalue weighted by atomic mass is 79.9. The number of fused-ring (bicyclic) bond motifs is 7. The fraction of sp³-hybridized carbons (Fsp3) is 0. The van der Waals surface area contributed by atoms with E-state index in [1.54, 1.807) is 4.52 Å². The minimum absolute atomic E-state index is 0.229. The molecule has 41 heavy (non-hydrogen) atoms. The van der Waals surface area contributed by atoms with Crippen LogP contribution in [0.2, 0.25) is 5.28 Å². The van der Waals surface area contributed by atoms with E-state index in [0.29, 0.717) is 0 Å². The molecule has 3 nitrogen and oxygen atoms in total. The van der Waals surface area contributed by atoms with Crippen LogP contribution in [0, 0.1) is 0 Å². The van der Waals surface area contributed by atoms with Crippen LogP contribution in [-0.2, 0) is 0 Å². The number of halogens is 2. The van der Waals surface area contributed by atoms with Gasteiger partial charge in [-0.3, -0.25) is 0 Å². The SMILES string of the molecule is Clc1nc2c(-c3ccc(-c4cc(Br)cc5c6ccccc6c6ccccc6c45)cc3)cc(-c3ccccc3)cn2n1. The second-order valence-electron chi connectivity index (χ2n) is 10.2. The summed E-state index contributed by atoms with van der Waals surface area (Å²) in [5, 5.41) is 12.2. The number of hydrogen-bond acceptors (Lipinski definition) is 2. The van der Waals surface area contributed by atoms with Crippen molar-refractivity contribution in [2.24, 2.45) is 0 Å². The molecule has 0 spiro atoms. The molecule has 0 aliphatic carbocycles. The number of benzene rings is 6. The Morgan fingerprint density at radius 3 is 1.83 bits per heavy atom. The predicted octanol–water partition coefficient (Wildman–Crippen LogP) is 10.6. The number of aromatic nitrogens is 3. The van der Waals surface area contributed by atoms with Crippen LogP contribution in [0.5, 0.6) is 0 Å². The van der Waals surface area contributed by atoms with Crippen molar-refractivity contribution in [1.82, 2.24) is 14.6 Å². The summed E-state index contributed by atoms with van der Waals surface area (Å²) in [5.74, 6) is 0. The van der Waals surface area contributed by atoms with Gasteiger partial charge in [0.05, 0.1) is 0 Å². The van der Waals surface area contributed by atoms with Crippen molar-refractivity contribution >= 4 is 65.5 Å². The monoisotopic (exact) mass is 609 g/mol. The van der Waals surface area contributed by atoms with E-state index in [4.69, 9.17) is 11.6 Å². The molecule has 5 heteroatoms. The standard InChI is InChI=1S/C36H21BrClN3/c37-26-19-31(34-30-13-7-6-11-28(30)27-10-4-5-12-29(27)33(34)20-26)23-14-16-24(17-15-23)32-18-25(22-8-2-1-3-9-22)21-41-35(32)39-36(38)40-41/h1-21H. The number of rotatable bonds is 3. The van der Waals surface area contributed by atoms with Gasteiger partial charge in [-0.1, -0.05) is 119 Å². The molecule has 0 aliphatic rings. The Bertz CT molecular complexity index is 2270. The van der Waals surface area contributed by atoms with Gasteiger partial charge in [0.25, 0.3) is 0 Å². The zero-order valence-electron chi connectivity index (χ0n) is 21.7. The van der Waals surface area contributed by atoms with Gasteiger partial charge in [-0.15, -0.1) is 5.10 Å². The molecule has 8 rings (SSSR count). The van der Waals surface area contributed by atoms with Gasteiger partial charge in [0.2, 0.25) is 5.28 Å². The van der Waals surface area contributed by atoms with E-state index in [0.717, 1.165) is 37.9 Å². The van der Waals surface area contributed by atoms with E-state index in [1.807, 2.05) is 24.4 Å². The van der Waals surface area contributed by atoms with Gasteiger partial charge in [0.1, 0.15) is 0 Å². The van der Waals surface area contributed by atoms with Crippen molar-refractivity contribution in [3.63, 3.8) is 0 Å². The highest BCUT2D eigenvalue weighted by molar-refractivity contribution is 9.10. The molecule has 0 aliphatic heterocycles. The lowest BCUT2D eigenvalue weighted by molar-refractivity contribution is 0.964. The Balaban J connectivity index is 1.34. The fourth-order valence-corrected chi connectivity index (χ4v) is 6.64. The molecule has 2 heterocycles. The molecule has 0 fully saturated rings. The van der Waals surface area contributed by atoms with Crippen molar-refractivity contribution in [3.05, 3.63) is 137 Å². The lowest BCUT2D eigenvalue weighted by Gasteiger charge is -2.15. The molecule has 0 amide bonds. The molecular formula is C36H21BrClN3. The smallest absolute Gasteiger partial charge is 0.218 e. The van der Waals surface area contributed by atoms with E-state index in [1.165, 1.54) is 37.9 Å². The Morgan fingerprint density at radius 1 is 0.537 bits per heavy atom. The summed E-state index contributed by atoms with van der Waals surface area (Å²) >= 11 is 10.1. The number of nitrogens with zero attached hydrogens (tertiary/aromatic N) is 3. The van der Waals surface area contributed by atoms with E-state index in [2.05, 4.69) is 129 Å². The second-order valence-corrected chi connectivity index (χ2v) is 11.5. The average Bonchev–Trinajstić information content (AvgIpc) is 3.41. The van der Waals surface area contributed by atoms with E-state index < -0.39 is 0 Å². The summed E-state index contributed by atoms with van der Waals surface area (Å²) < 4.78 is 2.83. The quantitative estimate of drug-likeness (QED) is 0.186.